The smallest absolute Gasteiger partial charge is 0.00390 e. The zero-order chi connectivity index (χ0) is 11.1. The van der Waals surface area contributed by atoms with E-state index < -0.39 is 0 Å². The molecule has 0 heterocycles. The van der Waals surface area contributed by atoms with E-state index in [1.54, 1.807) is 0 Å². The molecule has 0 aromatic rings. The van der Waals surface area contributed by atoms with Crippen LogP contribution in [0.2, 0.25) is 0 Å². The summed E-state index contributed by atoms with van der Waals surface area (Å²) in [5.74, 6) is 1.98. The molecule has 1 nitrogen and oxygen atoms in total. The van der Waals surface area contributed by atoms with Crippen molar-refractivity contribution in [3.05, 3.63) is 0 Å². The first kappa shape index (κ1) is 13.0. The third-order valence-electron chi connectivity index (χ3n) is 4.19. The lowest BCUT2D eigenvalue weighted by Gasteiger charge is -2.32. The zero-order valence-corrected chi connectivity index (χ0v) is 10.7. The third-order valence-corrected chi connectivity index (χ3v) is 4.19. The topological polar surface area (TPSA) is 26.0 Å². The second kappa shape index (κ2) is 7.27. The van der Waals surface area contributed by atoms with Crippen molar-refractivity contribution in [1.82, 2.24) is 0 Å². The lowest BCUT2D eigenvalue weighted by atomic mass is 9.75. The summed E-state index contributed by atoms with van der Waals surface area (Å²) in [6, 6.07) is 0.509. The molecule has 1 unspecified atom stereocenters. The Bertz CT molecular complexity index is 147. The highest BCUT2D eigenvalue weighted by Crippen LogP contribution is 2.34. The van der Waals surface area contributed by atoms with Gasteiger partial charge in [-0.15, -0.1) is 0 Å². The fourth-order valence-electron chi connectivity index (χ4n) is 3.05. The molecular weight excluding hydrogens is 182 g/mol. The van der Waals surface area contributed by atoms with Crippen LogP contribution in [0.5, 0.6) is 0 Å². The Morgan fingerprint density at radius 2 is 1.73 bits per heavy atom. The lowest BCUT2D eigenvalue weighted by Crippen LogP contribution is -2.29. The van der Waals surface area contributed by atoms with Crippen LogP contribution in [0.25, 0.3) is 0 Å². The molecule has 0 amide bonds. The van der Waals surface area contributed by atoms with Gasteiger partial charge in [0.05, 0.1) is 0 Å². The molecule has 0 spiro atoms. The van der Waals surface area contributed by atoms with E-state index in [0.717, 1.165) is 11.8 Å². The summed E-state index contributed by atoms with van der Waals surface area (Å²) in [7, 11) is 0. The molecule has 0 aliphatic heterocycles. The van der Waals surface area contributed by atoms with E-state index in [-0.39, 0.29) is 0 Å². The molecule has 1 aliphatic carbocycles. The standard InChI is InChI=1S/C14H29N/c1-3-5-6-7-12(4-2)13-8-10-14(15)11-9-13/h12-14H,3-11,15H2,1-2H3. The maximum absolute atomic E-state index is 5.96. The molecular formula is C14H29N. The minimum absolute atomic E-state index is 0.509. The third kappa shape index (κ3) is 4.55. The van der Waals surface area contributed by atoms with E-state index in [4.69, 9.17) is 5.73 Å². The highest BCUT2D eigenvalue weighted by atomic mass is 14.6. The van der Waals surface area contributed by atoms with Crippen molar-refractivity contribution in [3.63, 3.8) is 0 Å². The van der Waals surface area contributed by atoms with Gasteiger partial charge in [-0.05, 0) is 37.5 Å². The van der Waals surface area contributed by atoms with Gasteiger partial charge in [0.15, 0.2) is 0 Å². The molecule has 1 fully saturated rings. The summed E-state index contributed by atoms with van der Waals surface area (Å²) in [4.78, 5) is 0. The van der Waals surface area contributed by atoms with Crippen molar-refractivity contribution in [3.8, 4) is 0 Å². The number of rotatable bonds is 6. The zero-order valence-electron chi connectivity index (χ0n) is 10.7. The highest BCUT2D eigenvalue weighted by molar-refractivity contribution is 4.78. The predicted molar refractivity (Wildman–Crippen MR) is 67.9 cm³/mol. The van der Waals surface area contributed by atoms with Gasteiger partial charge in [0.25, 0.3) is 0 Å². The summed E-state index contributed by atoms with van der Waals surface area (Å²) >= 11 is 0. The van der Waals surface area contributed by atoms with Crippen molar-refractivity contribution in [2.75, 3.05) is 0 Å². The number of nitrogens with two attached hydrogens (primary N) is 1. The van der Waals surface area contributed by atoms with Crippen molar-refractivity contribution in [1.29, 1.82) is 0 Å². The molecule has 1 atom stereocenters. The molecule has 0 radical (unpaired) electrons. The van der Waals surface area contributed by atoms with Gasteiger partial charge in [0, 0.05) is 6.04 Å². The molecule has 1 saturated carbocycles. The minimum atomic E-state index is 0.509. The van der Waals surface area contributed by atoms with Crippen molar-refractivity contribution in [2.45, 2.75) is 77.7 Å². The summed E-state index contributed by atoms with van der Waals surface area (Å²) in [5.41, 5.74) is 5.96. The Morgan fingerprint density at radius 3 is 2.27 bits per heavy atom. The van der Waals surface area contributed by atoms with Crippen LogP contribution in [0.15, 0.2) is 0 Å². The summed E-state index contributed by atoms with van der Waals surface area (Å²) in [6.07, 6.45) is 12.4. The lowest BCUT2D eigenvalue weighted by molar-refractivity contribution is 0.213. The van der Waals surface area contributed by atoms with Crippen LogP contribution in [-0.2, 0) is 0 Å². The van der Waals surface area contributed by atoms with Crippen LogP contribution < -0.4 is 5.73 Å². The molecule has 1 rings (SSSR count). The summed E-state index contributed by atoms with van der Waals surface area (Å²) < 4.78 is 0. The van der Waals surface area contributed by atoms with Crippen LogP contribution in [0, 0.1) is 11.8 Å². The van der Waals surface area contributed by atoms with Crippen LogP contribution in [0.4, 0.5) is 0 Å². The predicted octanol–water partition coefficient (Wildman–Crippen LogP) is 4.11. The van der Waals surface area contributed by atoms with Crippen molar-refractivity contribution >= 4 is 0 Å². The fraction of sp³-hybridized carbons (Fsp3) is 1.00. The molecule has 1 heteroatoms. The molecule has 90 valence electrons. The molecule has 15 heavy (non-hydrogen) atoms. The maximum atomic E-state index is 5.96. The maximum Gasteiger partial charge on any atom is 0.00390 e. The largest absolute Gasteiger partial charge is 0.328 e. The monoisotopic (exact) mass is 211 g/mol. The van der Waals surface area contributed by atoms with Gasteiger partial charge >= 0.3 is 0 Å². The average Bonchev–Trinajstić information content (AvgIpc) is 2.26. The van der Waals surface area contributed by atoms with Crippen LogP contribution in [0.3, 0.4) is 0 Å². The first-order chi connectivity index (χ1) is 7.27. The normalized spacial score (nSPS) is 29.0. The molecule has 0 bridgehead atoms. The average molecular weight is 211 g/mol. The van der Waals surface area contributed by atoms with E-state index in [0.29, 0.717) is 6.04 Å². The molecule has 1 aliphatic rings. The highest BCUT2D eigenvalue weighted by Gasteiger charge is 2.24. The quantitative estimate of drug-likeness (QED) is 0.657. The molecule has 2 N–H and O–H groups in total. The van der Waals surface area contributed by atoms with Gasteiger partial charge in [0.1, 0.15) is 0 Å². The second-order valence-corrected chi connectivity index (χ2v) is 5.34. The SMILES string of the molecule is CCCCCC(CC)C1CCC(N)CC1. The van der Waals surface area contributed by atoms with E-state index in [9.17, 15) is 0 Å². The Morgan fingerprint density at radius 1 is 1.07 bits per heavy atom. The van der Waals surface area contributed by atoms with E-state index in [2.05, 4.69) is 13.8 Å². The van der Waals surface area contributed by atoms with Gasteiger partial charge < -0.3 is 5.73 Å². The fourth-order valence-corrected chi connectivity index (χ4v) is 3.05. The summed E-state index contributed by atoms with van der Waals surface area (Å²) in [5, 5.41) is 0. The number of hydrogen-bond acceptors (Lipinski definition) is 1. The molecule has 0 saturated heterocycles. The Labute approximate surface area is 95.8 Å². The Hall–Kier alpha value is -0.0400. The van der Waals surface area contributed by atoms with Crippen molar-refractivity contribution < 1.29 is 0 Å². The van der Waals surface area contributed by atoms with Crippen molar-refractivity contribution in [2.24, 2.45) is 17.6 Å². The van der Waals surface area contributed by atoms with Gasteiger partial charge in [-0.1, -0.05) is 46.0 Å². The van der Waals surface area contributed by atoms with Crippen LogP contribution >= 0.6 is 0 Å². The summed E-state index contributed by atoms with van der Waals surface area (Å²) in [6.45, 7) is 4.66. The van der Waals surface area contributed by atoms with E-state index in [1.807, 2.05) is 0 Å². The number of hydrogen-bond donors (Lipinski definition) is 1. The first-order valence-electron chi connectivity index (χ1n) is 7.03. The van der Waals surface area contributed by atoms with Gasteiger partial charge in [0.2, 0.25) is 0 Å². The first-order valence-corrected chi connectivity index (χ1v) is 7.03. The molecule has 0 aromatic carbocycles. The number of unbranched alkanes of at least 4 members (excludes halogenated alkanes) is 2. The van der Waals surface area contributed by atoms with Crippen LogP contribution in [-0.4, -0.2) is 6.04 Å². The van der Waals surface area contributed by atoms with Gasteiger partial charge in [-0.2, -0.15) is 0 Å². The van der Waals surface area contributed by atoms with E-state index in [1.165, 1.54) is 57.8 Å². The minimum Gasteiger partial charge on any atom is -0.328 e. The molecule has 0 aromatic heterocycles. The van der Waals surface area contributed by atoms with E-state index >= 15 is 0 Å². The Balaban J connectivity index is 2.24. The van der Waals surface area contributed by atoms with Gasteiger partial charge in [-0.25, -0.2) is 0 Å². The second-order valence-electron chi connectivity index (χ2n) is 5.34. The van der Waals surface area contributed by atoms with Crippen LogP contribution in [0.1, 0.15) is 71.6 Å². The van der Waals surface area contributed by atoms with Gasteiger partial charge in [-0.3, -0.25) is 0 Å². The Kier molecular flexibility index (Phi) is 6.31.